The molecule has 0 bridgehead atoms. The summed E-state index contributed by atoms with van der Waals surface area (Å²) in [4.78, 5) is 12.6. The molecule has 0 radical (unpaired) electrons. The first-order valence-electron chi connectivity index (χ1n) is 6.22. The summed E-state index contributed by atoms with van der Waals surface area (Å²) in [6, 6.07) is 8.12. The Hall–Kier alpha value is -1.04. The predicted molar refractivity (Wildman–Crippen MR) is 84.5 cm³/mol. The number of hydrogen-bond donors (Lipinski definition) is 2. The Morgan fingerprint density at radius 3 is 2.84 bits per heavy atom. The molecular formula is C14H18N2OS2. The average Bonchev–Trinajstić information content (AvgIpc) is 2.77. The largest absolute Gasteiger partial charge is 0.289 e. The molecule has 0 fully saturated rings. The zero-order valence-electron chi connectivity index (χ0n) is 11.1. The number of hydrazine groups is 1. The van der Waals surface area contributed by atoms with Gasteiger partial charge in [0.1, 0.15) is 0 Å². The molecule has 2 aromatic rings. The second-order valence-corrected chi connectivity index (χ2v) is 6.87. The summed E-state index contributed by atoms with van der Waals surface area (Å²) in [6.45, 7) is 4.40. The molecule has 0 saturated heterocycles. The van der Waals surface area contributed by atoms with Gasteiger partial charge in [-0.3, -0.25) is 10.2 Å². The van der Waals surface area contributed by atoms with Crippen LogP contribution in [0.1, 0.15) is 29.1 Å². The predicted octanol–water partition coefficient (Wildman–Crippen LogP) is 3.39. The summed E-state index contributed by atoms with van der Waals surface area (Å²) in [7, 11) is 0. The van der Waals surface area contributed by atoms with E-state index in [2.05, 4.69) is 25.3 Å². The molecule has 19 heavy (non-hydrogen) atoms. The highest BCUT2D eigenvalue weighted by atomic mass is 32.2. The quantitative estimate of drug-likeness (QED) is 0.505. The third-order valence-electron chi connectivity index (χ3n) is 2.73. The van der Waals surface area contributed by atoms with E-state index < -0.39 is 0 Å². The van der Waals surface area contributed by atoms with Crippen LogP contribution in [0.5, 0.6) is 0 Å². The zero-order valence-corrected chi connectivity index (χ0v) is 12.7. The maximum atomic E-state index is 11.9. The number of amides is 1. The highest BCUT2D eigenvalue weighted by molar-refractivity contribution is 7.98. The van der Waals surface area contributed by atoms with E-state index in [0.29, 0.717) is 5.92 Å². The maximum absolute atomic E-state index is 11.9. The van der Waals surface area contributed by atoms with Crippen molar-refractivity contribution < 1.29 is 4.79 Å². The number of nitrogen functional groups attached to an aromatic ring is 1. The van der Waals surface area contributed by atoms with Gasteiger partial charge in [-0.1, -0.05) is 32.0 Å². The standard InChI is InChI=1S/C14H18N2OS2/c1-9(2)7-18-8-11-10-5-3-4-6-12(10)19-13(11)14(17)16-15/h3-6,9H,7-8,15H2,1-2H3,(H,16,17). The highest BCUT2D eigenvalue weighted by Gasteiger charge is 2.17. The fraction of sp³-hybridized carbons (Fsp3) is 0.357. The molecule has 3 N–H and O–H groups in total. The Balaban J connectivity index is 2.34. The monoisotopic (exact) mass is 294 g/mol. The lowest BCUT2D eigenvalue weighted by Crippen LogP contribution is -2.29. The van der Waals surface area contributed by atoms with Crippen molar-refractivity contribution in [2.45, 2.75) is 19.6 Å². The lowest BCUT2D eigenvalue weighted by atomic mass is 10.1. The summed E-state index contributed by atoms with van der Waals surface area (Å²) >= 11 is 3.37. The molecule has 2 rings (SSSR count). The van der Waals surface area contributed by atoms with Crippen LogP contribution in [0.3, 0.4) is 0 Å². The summed E-state index contributed by atoms with van der Waals surface area (Å²) in [5.41, 5.74) is 3.35. The number of thioether (sulfide) groups is 1. The van der Waals surface area contributed by atoms with Gasteiger partial charge in [0.05, 0.1) is 4.88 Å². The number of nitrogens with two attached hydrogens (primary N) is 1. The average molecular weight is 294 g/mol. The fourth-order valence-electron chi connectivity index (χ4n) is 1.89. The van der Waals surface area contributed by atoms with Crippen molar-refractivity contribution in [1.82, 2.24) is 5.43 Å². The minimum Gasteiger partial charge on any atom is -0.289 e. The van der Waals surface area contributed by atoms with Gasteiger partial charge in [-0.05, 0) is 28.7 Å². The zero-order chi connectivity index (χ0) is 13.8. The SMILES string of the molecule is CC(C)CSCc1c(C(=O)NN)sc2ccccc12. The molecule has 0 aliphatic carbocycles. The Morgan fingerprint density at radius 1 is 1.42 bits per heavy atom. The number of nitrogens with one attached hydrogen (secondary N) is 1. The van der Waals surface area contributed by atoms with E-state index in [9.17, 15) is 4.79 Å². The van der Waals surface area contributed by atoms with Crippen LogP contribution in [0, 0.1) is 5.92 Å². The molecule has 1 aromatic carbocycles. The molecule has 0 spiro atoms. The molecule has 1 aromatic heterocycles. The van der Waals surface area contributed by atoms with Crippen LogP contribution in [0.4, 0.5) is 0 Å². The van der Waals surface area contributed by atoms with Crippen LogP contribution < -0.4 is 11.3 Å². The summed E-state index contributed by atoms with van der Waals surface area (Å²) in [5, 5.41) is 1.17. The third-order valence-corrected chi connectivity index (χ3v) is 5.34. The minimum atomic E-state index is -0.193. The van der Waals surface area contributed by atoms with Gasteiger partial charge in [0.15, 0.2) is 0 Å². The van der Waals surface area contributed by atoms with E-state index in [0.717, 1.165) is 26.6 Å². The van der Waals surface area contributed by atoms with Gasteiger partial charge in [0.2, 0.25) is 0 Å². The number of hydrogen-bond acceptors (Lipinski definition) is 4. The van der Waals surface area contributed by atoms with Crippen molar-refractivity contribution in [1.29, 1.82) is 0 Å². The second kappa shape index (κ2) is 6.41. The van der Waals surface area contributed by atoms with E-state index in [1.54, 1.807) is 0 Å². The van der Waals surface area contributed by atoms with Crippen molar-refractivity contribution in [3.63, 3.8) is 0 Å². The first-order valence-corrected chi connectivity index (χ1v) is 8.19. The molecule has 0 saturated carbocycles. The van der Waals surface area contributed by atoms with E-state index in [4.69, 9.17) is 5.84 Å². The normalized spacial score (nSPS) is 11.2. The number of benzene rings is 1. The van der Waals surface area contributed by atoms with Crippen molar-refractivity contribution in [2.24, 2.45) is 11.8 Å². The van der Waals surface area contributed by atoms with Crippen LogP contribution in [-0.2, 0) is 5.75 Å². The maximum Gasteiger partial charge on any atom is 0.275 e. The van der Waals surface area contributed by atoms with Gasteiger partial charge in [-0.15, -0.1) is 11.3 Å². The van der Waals surface area contributed by atoms with Crippen LogP contribution >= 0.6 is 23.1 Å². The molecule has 1 heterocycles. The highest BCUT2D eigenvalue weighted by Crippen LogP contribution is 2.34. The van der Waals surface area contributed by atoms with Gasteiger partial charge in [-0.25, -0.2) is 5.84 Å². The van der Waals surface area contributed by atoms with Crippen LogP contribution in [-0.4, -0.2) is 11.7 Å². The molecule has 3 nitrogen and oxygen atoms in total. The van der Waals surface area contributed by atoms with Gasteiger partial charge >= 0.3 is 0 Å². The van der Waals surface area contributed by atoms with Gasteiger partial charge in [-0.2, -0.15) is 11.8 Å². The Labute approximate surface area is 121 Å². The van der Waals surface area contributed by atoms with Crippen LogP contribution in [0.25, 0.3) is 10.1 Å². The molecule has 1 amide bonds. The number of carbonyl (C=O) groups is 1. The van der Waals surface area contributed by atoms with Crippen LogP contribution in [0.15, 0.2) is 24.3 Å². The number of thiophene rings is 1. The summed E-state index contributed by atoms with van der Waals surface area (Å²) in [6.07, 6.45) is 0. The molecule has 0 unspecified atom stereocenters. The third kappa shape index (κ3) is 3.29. The Kier molecular flexibility index (Phi) is 4.85. The Morgan fingerprint density at radius 2 is 2.16 bits per heavy atom. The Bertz CT molecular complexity index is 578. The first kappa shape index (κ1) is 14.4. The lowest BCUT2D eigenvalue weighted by molar-refractivity contribution is 0.0957. The molecular weight excluding hydrogens is 276 g/mol. The van der Waals surface area contributed by atoms with E-state index >= 15 is 0 Å². The van der Waals surface area contributed by atoms with E-state index in [1.807, 2.05) is 30.0 Å². The molecule has 102 valence electrons. The fourth-order valence-corrected chi connectivity index (χ4v) is 4.20. The minimum absolute atomic E-state index is 0.193. The van der Waals surface area contributed by atoms with Crippen molar-refractivity contribution >= 4 is 39.1 Å². The van der Waals surface area contributed by atoms with Crippen molar-refractivity contribution in [2.75, 3.05) is 5.75 Å². The molecule has 0 atom stereocenters. The van der Waals surface area contributed by atoms with Crippen molar-refractivity contribution in [3.8, 4) is 0 Å². The smallest absolute Gasteiger partial charge is 0.275 e. The van der Waals surface area contributed by atoms with Crippen LogP contribution in [0.2, 0.25) is 0 Å². The van der Waals surface area contributed by atoms with E-state index in [-0.39, 0.29) is 5.91 Å². The summed E-state index contributed by atoms with van der Waals surface area (Å²) in [5.74, 6) is 7.68. The molecule has 0 aliphatic heterocycles. The molecule has 0 aliphatic rings. The summed E-state index contributed by atoms with van der Waals surface area (Å²) < 4.78 is 1.14. The topological polar surface area (TPSA) is 55.1 Å². The number of rotatable bonds is 5. The number of fused-ring (bicyclic) bond motifs is 1. The lowest BCUT2D eigenvalue weighted by Gasteiger charge is -2.06. The van der Waals surface area contributed by atoms with Gasteiger partial charge in [0, 0.05) is 10.5 Å². The van der Waals surface area contributed by atoms with E-state index in [1.165, 1.54) is 16.7 Å². The molecule has 5 heteroatoms. The van der Waals surface area contributed by atoms with Crippen molar-refractivity contribution in [3.05, 3.63) is 34.7 Å². The number of carbonyl (C=O) groups excluding carboxylic acids is 1. The van der Waals surface area contributed by atoms with Gasteiger partial charge in [0.25, 0.3) is 5.91 Å². The second-order valence-electron chi connectivity index (χ2n) is 4.79. The van der Waals surface area contributed by atoms with Gasteiger partial charge < -0.3 is 0 Å². The first-order chi connectivity index (χ1) is 9.13.